The fourth-order valence-corrected chi connectivity index (χ4v) is 2.39. The van der Waals surface area contributed by atoms with Gasteiger partial charge in [0.25, 0.3) is 0 Å². The minimum absolute atomic E-state index is 0.0567. The summed E-state index contributed by atoms with van der Waals surface area (Å²) in [5.41, 5.74) is 2.58. The molecule has 1 aromatic carbocycles. The van der Waals surface area contributed by atoms with Crippen molar-refractivity contribution in [2.75, 3.05) is 0 Å². The van der Waals surface area contributed by atoms with Crippen molar-refractivity contribution in [1.82, 2.24) is 0 Å². The van der Waals surface area contributed by atoms with Crippen molar-refractivity contribution in [1.29, 1.82) is 0 Å². The zero-order valence-electron chi connectivity index (χ0n) is 7.23. The third kappa shape index (κ3) is 0.844. The summed E-state index contributed by atoms with van der Waals surface area (Å²) in [4.78, 5) is 11.6. The topological polar surface area (TPSA) is 17.1 Å². The number of rotatable bonds is 0. The zero-order chi connectivity index (χ0) is 8.84. The zero-order valence-corrected chi connectivity index (χ0v) is 7.23. The Morgan fingerprint density at radius 3 is 2.62 bits per heavy atom. The van der Waals surface area contributed by atoms with Crippen LogP contribution in [0.3, 0.4) is 0 Å². The van der Waals surface area contributed by atoms with Crippen LogP contribution in [0.5, 0.6) is 0 Å². The number of Topliss-reactive ketones (excluding diaryl/α,β-unsaturated/α-hetero) is 1. The normalized spacial score (nSPS) is 29.1. The summed E-state index contributed by atoms with van der Waals surface area (Å²) < 4.78 is 0. The summed E-state index contributed by atoms with van der Waals surface area (Å²) in [5.74, 6) is 0.793. The Hall–Kier alpha value is -1.37. The molecule has 0 fully saturated rings. The van der Waals surface area contributed by atoms with E-state index in [9.17, 15) is 4.79 Å². The number of allylic oxidation sites excluding steroid dienone is 2. The van der Waals surface area contributed by atoms with Crippen LogP contribution in [0.1, 0.15) is 29.4 Å². The van der Waals surface area contributed by atoms with Crippen molar-refractivity contribution in [3.63, 3.8) is 0 Å². The van der Waals surface area contributed by atoms with E-state index in [0.29, 0.717) is 18.1 Å². The Balaban J connectivity index is 2.27. The van der Waals surface area contributed by atoms with Crippen LogP contribution in [0.4, 0.5) is 0 Å². The maximum Gasteiger partial charge on any atom is 0.145 e. The van der Waals surface area contributed by atoms with Crippen LogP contribution in [0.25, 0.3) is 0 Å². The highest BCUT2D eigenvalue weighted by atomic mass is 16.1. The molecule has 4 rings (SSSR count). The first kappa shape index (κ1) is 7.07. The first-order valence-corrected chi connectivity index (χ1v) is 4.66. The molecule has 2 bridgehead atoms. The molecule has 2 atom stereocenters. The van der Waals surface area contributed by atoms with E-state index in [1.165, 1.54) is 11.1 Å². The molecule has 0 saturated carbocycles. The van der Waals surface area contributed by atoms with Crippen molar-refractivity contribution in [2.24, 2.45) is 0 Å². The molecule has 1 aromatic rings. The van der Waals surface area contributed by atoms with Crippen molar-refractivity contribution in [3.05, 3.63) is 47.5 Å². The predicted molar refractivity (Wildman–Crippen MR) is 50.7 cm³/mol. The standard InChI is InChI=1S/C12H10O/c13-12-7-8-5-6-11(12)10-4-2-1-3-9(8)10/h1-6,8,11H,7H2. The molecule has 0 spiro atoms. The molecular weight excluding hydrogens is 160 g/mol. The number of carbonyl (C=O) groups is 1. The van der Waals surface area contributed by atoms with Crippen molar-refractivity contribution < 1.29 is 4.79 Å². The quantitative estimate of drug-likeness (QED) is 0.546. The van der Waals surface area contributed by atoms with Crippen molar-refractivity contribution in [2.45, 2.75) is 18.3 Å². The van der Waals surface area contributed by atoms with Crippen LogP contribution in [-0.4, -0.2) is 5.78 Å². The first-order valence-electron chi connectivity index (χ1n) is 4.66. The van der Waals surface area contributed by atoms with Gasteiger partial charge in [0, 0.05) is 12.3 Å². The van der Waals surface area contributed by atoms with E-state index < -0.39 is 0 Å². The Labute approximate surface area is 77.1 Å². The van der Waals surface area contributed by atoms with E-state index in [4.69, 9.17) is 0 Å². The maximum absolute atomic E-state index is 11.6. The molecule has 0 radical (unpaired) electrons. The third-order valence-electron chi connectivity index (χ3n) is 3.03. The maximum atomic E-state index is 11.6. The van der Waals surface area contributed by atoms with Gasteiger partial charge in [-0.1, -0.05) is 36.4 Å². The Bertz CT molecular complexity index is 403. The summed E-state index contributed by atoms with van der Waals surface area (Å²) in [6.45, 7) is 0. The number of benzene rings is 1. The lowest BCUT2D eigenvalue weighted by Gasteiger charge is -2.31. The van der Waals surface area contributed by atoms with E-state index in [2.05, 4.69) is 30.4 Å². The molecule has 0 aromatic heterocycles. The fraction of sp³-hybridized carbons (Fsp3) is 0.250. The summed E-state index contributed by atoms with van der Waals surface area (Å²) in [6.07, 6.45) is 4.94. The van der Waals surface area contributed by atoms with Crippen molar-refractivity contribution in [3.8, 4) is 0 Å². The second-order valence-corrected chi connectivity index (χ2v) is 3.77. The van der Waals surface area contributed by atoms with Crippen molar-refractivity contribution >= 4 is 5.78 Å². The Kier molecular flexibility index (Phi) is 1.26. The SMILES string of the molecule is O=C1CC2C=CC1c1ccccc12. The second-order valence-electron chi connectivity index (χ2n) is 3.77. The highest BCUT2D eigenvalue weighted by molar-refractivity contribution is 5.92. The van der Waals surface area contributed by atoms with Gasteiger partial charge < -0.3 is 0 Å². The minimum Gasteiger partial charge on any atom is -0.299 e. The number of ketones is 1. The summed E-state index contributed by atoms with van der Waals surface area (Å²) in [7, 11) is 0. The Morgan fingerprint density at radius 1 is 1.08 bits per heavy atom. The van der Waals surface area contributed by atoms with Gasteiger partial charge in [0.05, 0.1) is 5.92 Å². The molecule has 13 heavy (non-hydrogen) atoms. The largest absolute Gasteiger partial charge is 0.299 e. The number of hydrogen-bond donors (Lipinski definition) is 0. The molecule has 64 valence electrons. The smallest absolute Gasteiger partial charge is 0.145 e. The van der Waals surface area contributed by atoms with Crippen LogP contribution in [0, 0.1) is 0 Å². The molecule has 0 saturated heterocycles. The number of fused-ring (bicyclic) bond motifs is 1. The first-order chi connectivity index (χ1) is 6.36. The van der Waals surface area contributed by atoms with Gasteiger partial charge in [0.2, 0.25) is 0 Å². The molecule has 1 heteroatoms. The van der Waals surface area contributed by atoms with Gasteiger partial charge in [-0.15, -0.1) is 0 Å². The lowest BCUT2D eigenvalue weighted by Crippen LogP contribution is -2.25. The van der Waals surface area contributed by atoms with Gasteiger partial charge in [-0.2, -0.15) is 0 Å². The van der Waals surface area contributed by atoms with E-state index >= 15 is 0 Å². The minimum atomic E-state index is 0.0567. The van der Waals surface area contributed by atoms with Crippen LogP contribution in [-0.2, 0) is 4.79 Å². The number of hydrogen-bond acceptors (Lipinski definition) is 1. The average Bonchev–Trinajstić information content (AvgIpc) is 2.19. The van der Waals surface area contributed by atoms with Gasteiger partial charge in [-0.3, -0.25) is 4.79 Å². The highest BCUT2D eigenvalue weighted by Gasteiger charge is 2.34. The van der Waals surface area contributed by atoms with Gasteiger partial charge in [0.1, 0.15) is 5.78 Å². The molecule has 1 nitrogen and oxygen atoms in total. The van der Waals surface area contributed by atoms with Gasteiger partial charge in [-0.05, 0) is 11.1 Å². The summed E-state index contributed by atoms with van der Waals surface area (Å²) in [6, 6.07) is 8.29. The fourth-order valence-electron chi connectivity index (χ4n) is 2.39. The molecule has 2 unspecified atom stereocenters. The van der Waals surface area contributed by atoms with E-state index in [1.807, 2.05) is 6.07 Å². The average molecular weight is 170 g/mol. The van der Waals surface area contributed by atoms with Crippen LogP contribution >= 0.6 is 0 Å². The molecule has 3 aliphatic rings. The molecular formula is C12H10O. The molecule has 3 aliphatic carbocycles. The highest BCUT2D eigenvalue weighted by Crippen LogP contribution is 2.42. The monoisotopic (exact) mass is 170 g/mol. The van der Waals surface area contributed by atoms with E-state index in [-0.39, 0.29) is 5.92 Å². The molecule has 0 heterocycles. The lowest BCUT2D eigenvalue weighted by molar-refractivity contribution is -0.120. The van der Waals surface area contributed by atoms with Crippen LogP contribution in [0.15, 0.2) is 36.4 Å². The van der Waals surface area contributed by atoms with Gasteiger partial charge >= 0.3 is 0 Å². The van der Waals surface area contributed by atoms with Gasteiger partial charge in [0.15, 0.2) is 0 Å². The summed E-state index contributed by atoms with van der Waals surface area (Å²) >= 11 is 0. The Morgan fingerprint density at radius 2 is 1.85 bits per heavy atom. The number of carbonyl (C=O) groups excluding carboxylic acids is 1. The van der Waals surface area contributed by atoms with Crippen LogP contribution in [0.2, 0.25) is 0 Å². The van der Waals surface area contributed by atoms with E-state index in [0.717, 1.165) is 0 Å². The third-order valence-corrected chi connectivity index (χ3v) is 3.03. The predicted octanol–water partition coefficient (Wildman–Crippen LogP) is 2.40. The molecule has 0 aliphatic heterocycles. The van der Waals surface area contributed by atoms with Gasteiger partial charge in [-0.25, -0.2) is 0 Å². The van der Waals surface area contributed by atoms with E-state index in [1.54, 1.807) is 0 Å². The second kappa shape index (κ2) is 2.32. The van der Waals surface area contributed by atoms with Crippen LogP contribution < -0.4 is 0 Å². The molecule has 0 N–H and O–H groups in total. The summed E-state index contributed by atoms with van der Waals surface area (Å²) in [5, 5.41) is 0. The lowest BCUT2D eigenvalue weighted by atomic mass is 9.71. The molecule has 0 amide bonds.